The van der Waals surface area contributed by atoms with Gasteiger partial charge >= 0.3 is 0 Å². The van der Waals surface area contributed by atoms with Crippen LogP contribution in [-0.2, 0) is 4.74 Å². The molecule has 1 rings (SSSR count). The molecule has 1 N–H and O–H groups in total. The monoisotopic (exact) mass is 211 g/mol. The van der Waals surface area contributed by atoms with Gasteiger partial charge in [0.25, 0.3) is 0 Å². The lowest BCUT2D eigenvalue weighted by atomic mass is 9.99. The first kappa shape index (κ1) is 12.1. The number of hydrogen-bond donors (Lipinski definition) is 1. The summed E-state index contributed by atoms with van der Waals surface area (Å²) in [4.78, 5) is 0. The second kappa shape index (κ2) is 6.53. The minimum Gasteiger partial charge on any atom is -0.381 e. The van der Waals surface area contributed by atoms with Gasteiger partial charge in [0.1, 0.15) is 5.82 Å². The van der Waals surface area contributed by atoms with Crippen LogP contribution in [0.25, 0.3) is 0 Å². The fourth-order valence-corrected chi connectivity index (χ4v) is 1.57. The molecule has 0 aliphatic heterocycles. The molecule has 0 saturated heterocycles. The van der Waals surface area contributed by atoms with Gasteiger partial charge in [-0.1, -0.05) is 18.2 Å². The molecule has 0 radical (unpaired) electrons. The van der Waals surface area contributed by atoms with E-state index in [0.29, 0.717) is 13.2 Å². The standard InChI is InChI=1S/C12H18FNO/c1-3-15-9-10(8-14-2)11-6-4-5-7-12(11)13/h4-7,10,14H,3,8-9H2,1-2H3. The van der Waals surface area contributed by atoms with Crippen molar-refractivity contribution < 1.29 is 9.13 Å². The van der Waals surface area contributed by atoms with E-state index in [9.17, 15) is 4.39 Å². The molecule has 0 fully saturated rings. The van der Waals surface area contributed by atoms with Gasteiger partial charge in [-0.25, -0.2) is 4.39 Å². The van der Waals surface area contributed by atoms with Gasteiger partial charge in [0.2, 0.25) is 0 Å². The zero-order valence-electron chi connectivity index (χ0n) is 9.29. The number of nitrogens with one attached hydrogen (secondary N) is 1. The van der Waals surface area contributed by atoms with Crippen LogP contribution in [0.15, 0.2) is 24.3 Å². The van der Waals surface area contributed by atoms with Crippen molar-refractivity contribution in [1.82, 2.24) is 5.32 Å². The molecule has 0 aliphatic rings. The van der Waals surface area contributed by atoms with E-state index in [2.05, 4.69) is 5.32 Å². The third kappa shape index (κ3) is 3.61. The fourth-order valence-electron chi connectivity index (χ4n) is 1.57. The van der Waals surface area contributed by atoms with Gasteiger partial charge in [-0.05, 0) is 25.6 Å². The van der Waals surface area contributed by atoms with Crippen LogP contribution in [0, 0.1) is 5.82 Å². The summed E-state index contributed by atoms with van der Waals surface area (Å²) in [6.45, 7) is 3.88. The predicted octanol–water partition coefficient (Wildman–Crippen LogP) is 2.17. The lowest BCUT2D eigenvalue weighted by molar-refractivity contribution is 0.131. The molecule has 1 aromatic carbocycles. The quantitative estimate of drug-likeness (QED) is 0.778. The molecule has 0 amide bonds. The summed E-state index contributed by atoms with van der Waals surface area (Å²) in [6.07, 6.45) is 0. The van der Waals surface area contributed by atoms with Gasteiger partial charge in [0.05, 0.1) is 6.61 Å². The van der Waals surface area contributed by atoms with Crippen LogP contribution in [0.4, 0.5) is 4.39 Å². The molecule has 0 spiro atoms. The average Bonchev–Trinajstić information content (AvgIpc) is 2.25. The highest BCUT2D eigenvalue weighted by Gasteiger charge is 2.14. The van der Waals surface area contributed by atoms with Gasteiger partial charge in [0.15, 0.2) is 0 Å². The molecular weight excluding hydrogens is 193 g/mol. The Balaban J connectivity index is 2.74. The SMILES string of the molecule is CCOCC(CNC)c1ccccc1F. The summed E-state index contributed by atoms with van der Waals surface area (Å²) < 4.78 is 18.9. The van der Waals surface area contributed by atoms with E-state index in [1.807, 2.05) is 26.1 Å². The Morgan fingerprint density at radius 2 is 2.13 bits per heavy atom. The second-order valence-corrected chi connectivity index (χ2v) is 3.44. The Labute approximate surface area is 90.4 Å². The number of hydrogen-bond acceptors (Lipinski definition) is 2. The minimum atomic E-state index is -0.155. The van der Waals surface area contributed by atoms with Crippen molar-refractivity contribution >= 4 is 0 Å². The third-order valence-corrected chi connectivity index (χ3v) is 2.32. The molecule has 2 nitrogen and oxygen atoms in total. The number of ether oxygens (including phenoxy) is 1. The Morgan fingerprint density at radius 1 is 1.40 bits per heavy atom. The van der Waals surface area contributed by atoms with E-state index < -0.39 is 0 Å². The van der Waals surface area contributed by atoms with Crippen molar-refractivity contribution in [1.29, 1.82) is 0 Å². The summed E-state index contributed by atoms with van der Waals surface area (Å²) in [5.41, 5.74) is 0.723. The third-order valence-electron chi connectivity index (χ3n) is 2.32. The van der Waals surface area contributed by atoms with E-state index in [-0.39, 0.29) is 11.7 Å². The highest BCUT2D eigenvalue weighted by atomic mass is 19.1. The van der Waals surface area contributed by atoms with Crippen LogP contribution >= 0.6 is 0 Å². The fraction of sp³-hybridized carbons (Fsp3) is 0.500. The summed E-state index contributed by atoms with van der Waals surface area (Å²) in [5, 5.41) is 3.06. The van der Waals surface area contributed by atoms with Crippen molar-refractivity contribution in [2.24, 2.45) is 0 Å². The molecule has 0 aliphatic carbocycles. The number of benzene rings is 1. The van der Waals surface area contributed by atoms with E-state index in [4.69, 9.17) is 4.74 Å². The first-order valence-electron chi connectivity index (χ1n) is 5.26. The predicted molar refractivity (Wildman–Crippen MR) is 59.6 cm³/mol. The molecule has 3 heteroatoms. The topological polar surface area (TPSA) is 21.3 Å². The zero-order chi connectivity index (χ0) is 11.1. The molecule has 0 bridgehead atoms. The van der Waals surface area contributed by atoms with Crippen LogP contribution in [0.1, 0.15) is 18.4 Å². The second-order valence-electron chi connectivity index (χ2n) is 3.44. The van der Waals surface area contributed by atoms with Crippen molar-refractivity contribution in [2.45, 2.75) is 12.8 Å². The van der Waals surface area contributed by atoms with Gasteiger partial charge in [-0.3, -0.25) is 0 Å². The smallest absolute Gasteiger partial charge is 0.126 e. The Morgan fingerprint density at radius 3 is 2.73 bits per heavy atom. The molecule has 1 atom stereocenters. The van der Waals surface area contributed by atoms with E-state index in [0.717, 1.165) is 12.1 Å². The van der Waals surface area contributed by atoms with Gasteiger partial charge in [-0.15, -0.1) is 0 Å². The minimum absolute atomic E-state index is 0.0798. The molecular formula is C12H18FNO. The molecule has 0 aromatic heterocycles. The van der Waals surface area contributed by atoms with Crippen LogP contribution in [0.5, 0.6) is 0 Å². The molecule has 0 saturated carbocycles. The van der Waals surface area contributed by atoms with E-state index in [1.54, 1.807) is 6.07 Å². The van der Waals surface area contributed by atoms with Crippen molar-refractivity contribution in [3.05, 3.63) is 35.6 Å². The van der Waals surface area contributed by atoms with Gasteiger partial charge in [0, 0.05) is 19.1 Å². The Kier molecular flexibility index (Phi) is 5.29. The van der Waals surface area contributed by atoms with Crippen LogP contribution < -0.4 is 5.32 Å². The molecule has 1 unspecified atom stereocenters. The summed E-state index contributed by atoms with van der Waals surface area (Å²) >= 11 is 0. The summed E-state index contributed by atoms with van der Waals surface area (Å²) in [7, 11) is 1.86. The first-order valence-corrected chi connectivity index (χ1v) is 5.26. The van der Waals surface area contributed by atoms with E-state index >= 15 is 0 Å². The Bertz CT molecular complexity index is 291. The molecule has 1 aromatic rings. The maximum absolute atomic E-state index is 13.5. The largest absolute Gasteiger partial charge is 0.381 e. The lowest BCUT2D eigenvalue weighted by Crippen LogP contribution is -2.22. The van der Waals surface area contributed by atoms with Crippen LogP contribution in [0.2, 0.25) is 0 Å². The number of rotatable bonds is 6. The highest BCUT2D eigenvalue weighted by molar-refractivity contribution is 5.22. The normalized spacial score (nSPS) is 12.7. The number of likely N-dealkylation sites (N-methyl/N-ethyl adjacent to an activating group) is 1. The first-order chi connectivity index (χ1) is 7.29. The Hall–Kier alpha value is -0.930. The van der Waals surface area contributed by atoms with Crippen LogP contribution in [0.3, 0.4) is 0 Å². The lowest BCUT2D eigenvalue weighted by Gasteiger charge is -2.17. The highest BCUT2D eigenvalue weighted by Crippen LogP contribution is 2.18. The van der Waals surface area contributed by atoms with E-state index in [1.165, 1.54) is 6.07 Å². The van der Waals surface area contributed by atoms with Crippen molar-refractivity contribution in [3.63, 3.8) is 0 Å². The van der Waals surface area contributed by atoms with Gasteiger partial charge < -0.3 is 10.1 Å². The summed E-state index contributed by atoms with van der Waals surface area (Å²) in [6, 6.07) is 6.86. The summed E-state index contributed by atoms with van der Waals surface area (Å²) in [5.74, 6) is -0.0754. The van der Waals surface area contributed by atoms with Crippen molar-refractivity contribution in [2.75, 3.05) is 26.8 Å². The van der Waals surface area contributed by atoms with Crippen LogP contribution in [-0.4, -0.2) is 26.8 Å². The molecule has 84 valence electrons. The average molecular weight is 211 g/mol. The zero-order valence-corrected chi connectivity index (χ0v) is 9.29. The molecule has 0 heterocycles. The maximum Gasteiger partial charge on any atom is 0.126 e. The maximum atomic E-state index is 13.5. The van der Waals surface area contributed by atoms with Gasteiger partial charge in [-0.2, -0.15) is 0 Å². The number of halogens is 1. The molecule has 15 heavy (non-hydrogen) atoms. The van der Waals surface area contributed by atoms with Crippen molar-refractivity contribution in [3.8, 4) is 0 Å².